The van der Waals surface area contributed by atoms with Crippen LogP contribution in [0.1, 0.15) is 31.2 Å². The number of hydrogen-bond donors (Lipinski definition) is 1. The van der Waals surface area contributed by atoms with Crippen LogP contribution < -0.4 is 10.2 Å². The number of esters is 1. The first kappa shape index (κ1) is 28.8. The summed E-state index contributed by atoms with van der Waals surface area (Å²) in [6.45, 7) is 12.5. The Balaban J connectivity index is 1.38. The van der Waals surface area contributed by atoms with Crippen molar-refractivity contribution in [2.45, 2.75) is 40.3 Å². The number of carbonyl (C=O) groups is 3. The molecule has 2 fully saturated rings. The molecule has 1 unspecified atom stereocenters. The van der Waals surface area contributed by atoms with E-state index in [2.05, 4.69) is 32.0 Å². The quantitative estimate of drug-likeness (QED) is 0.408. The Morgan fingerprint density at radius 2 is 1.73 bits per heavy atom. The highest BCUT2D eigenvalue weighted by Gasteiger charge is 2.28. The van der Waals surface area contributed by atoms with Gasteiger partial charge in [-0.05, 0) is 19.4 Å². The van der Waals surface area contributed by atoms with Crippen LogP contribution in [0, 0.1) is 6.92 Å². The molecule has 218 valence electrons. The molecule has 0 bridgehead atoms. The van der Waals surface area contributed by atoms with Gasteiger partial charge < -0.3 is 19.3 Å². The SMILES string of the molecule is CC(=O)Nc1ncc(-c2nc(N3CCOCC3)c3sc(CN4CCN(C(=O)C(C)OC(C)=O)CC4)c(C)c3n2)cn1. The third-order valence-electron chi connectivity index (χ3n) is 7.10. The summed E-state index contributed by atoms with van der Waals surface area (Å²) in [5.41, 5.74) is 2.65. The van der Waals surface area contributed by atoms with E-state index in [9.17, 15) is 14.4 Å². The van der Waals surface area contributed by atoms with E-state index in [0.717, 1.165) is 54.3 Å². The van der Waals surface area contributed by atoms with Crippen LogP contribution in [0.4, 0.5) is 11.8 Å². The van der Waals surface area contributed by atoms with Gasteiger partial charge in [0.2, 0.25) is 11.9 Å². The highest BCUT2D eigenvalue weighted by atomic mass is 32.1. The molecule has 0 spiro atoms. The lowest BCUT2D eigenvalue weighted by Crippen LogP contribution is -2.51. The summed E-state index contributed by atoms with van der Waals surface area (Å²) < 4.78 is 11.7. The number of morpholine rings is 1. The molecule has 5 rings (SSSR count). The molecule has 2 aliphatic rings. The smallest absolute Gasteiger partial charge is 0.303 e. The average molecular weight is 583 g/mol. The van der Waals surface area contributed by atoms with Gasteiger partial charge in [0.1, 0.15) is 0 Å². The summed E-state index contributed by atoms with van der Waals surface area (Å²) >= 11 is 1.70. The average Bonchev–Trinajstić information content (AvgIpc) is 3.27. The zero-order chi connectivity index (χ0) is 29.1. The lowest BCUT2D eigenvalue weighted by Gasteiger charge is -2.35. The number of rotatable bonds is 7. The van der Waals surface area contributed by atoms with Crippen LogP contribution in [0.3, 0.4) is 0 Å². The minimum absolute atomic E-state index is 0.162. The molecule has 41 heavy (non-hydrogen) atoms. The maximum atomic E-state index is 12.6. The van der Waals surface area contributed by atoms with Crippen LogP contribution in [0.25, 0.3) is 21.6 Å². The second kappa shape index (κ2) is 12.4. The summed E-state index contributed by atoms with van der Waals surface area (Å²) in [6.07, 6.45) is 2.46. The van der Waals surface area contributed by atoms with Gasteiger partial charge in [-0.1, -0.05) is 0 Å². The molecule has 3 aromatic heterocycles. The second-order valence-corrected chi connectivity index (χ2v) is 11.2. The second-order valence-electron chi connectivity index (χ2n) is 10.1. The number of nitrogens with zero attached hydrogens (tertiary/aromatic N) is 7. The number of nitrogens with one attached hydrogen (secondary N) is 1. The van der Waals surface area contributed by atoms with Crippen molar-refractivity contribution < 1.29 is 23.9 Å². The first-order valence-corrected chi connectivity index (χ1v) is 14.4. The van der Waals surface area contributed by atoms with E-state index < -0.39 is 12.1 Å². The molecule has 0 aliphatic carbocycles. The molecule has 14 heteroatoms. The molecule has 0 radical (unpaired) electrons. The number of thiophene rings is 1. The normalized spacial score (nSPS) is 17.0. The third-order valence-corrected chi connectivity index (χ3v) is 8.36. The highest BCUT2D eigenvalue weighted by molar-refractivity contribution is 7.19. The van der Waals surface area contributed by atoms with Crippen molar-refractivity contribution >= 4 is 51.1 Å². The van der Waals surface area contributed by atoms with Gasteiger partial charge in [0.25, 0.3) is 5.91 Å². The van der Waals surface area contributed by atoms with Crippen molar-refractivity contribution in [1.82, 2.24) is 29.7 Å². The topological polar surface area (TPSA) is 143 Å². The lowest BCUT2D eigenvalue weighted by atomic mass is 10.2. The molecular weight excluding hydrogens is 548 g/mol. The zero-order valence-electron chi connectivity index (χ0n) is 23.7. The number of aromatic nitrogens is 4. The van der Waals surface area contributed by atoms with Crippen LogP contribution in [0.15, 0.2) is 12.4 Å². The zero-order valence-corrected chi connectivity index (χ0v) is 24.5. The maximum Gasteiger partial charge on any atom is 0.303 e. The van der Waals surface area contributed by atoms with Crippen LogP contribution >= 0.6 is 11.3 Å². The summed E-state index contributed by atoms with van der Waals surface area (Å²) in [4.78, 5) is 61.2. The van der Waals surface area contributed by atoms with Crippen LogP contribution in [-0.4, -0.2) is 106 Å². The van der Waals surface area contributed by atoms with Gasteiger partial charge in [-0.25, -0.2) is 19.9 Å². The number of anilines is 2. The molecule has 5 heterocycles. The lowest BCUT2D eigenvalue weighted by molar-refractivity contribution is -0.158. The van der Waals surface area contributed by atoms with Gasteiger partial charge >= 0.3 is 5.97 Å². The minimum Gasteiger partial charge on any atom is -0.453 e. The number of amides is 2. The third kappa shape index (κ3) is 6.60. The van der Waals surface area contributed by atoms with E-state index in [1.165, 1.54) is 18.7 Å². The Kier molecular flexibility index (Phi) is 8.71. The molecule has 1 atom stereocenters. The fourth-order valence-corrected chi connectivity index (χ4v) is 6.24. The number of piperazine rings is 1. The predicted molar refractivity (Wildman–Crippen MR) is 154 cm³/mol. The maximum absolute atomic E-state index is 12.6. The van der Waals surface area contributed by atoms with Crippen LogP contribution in [0.5, 0.6) is 0 Å². The van der Waals surface area contributed by atoms with Gasteiger partial charge in [-0.2, -0.15) is 0 Å². The van der Waals surface area contributed by atoms with Gasteiger partial charge in [0.05, 0.1) is 29.0 Å². The van der Waals surface area contributed by atoms with Gasteiger partial charge in [-0.15, -0.1) is 11.3 Å². The van der Waals surface area contributed by atoms with Crippen LogP contribution in [0.2, 0.25) is 0 Å². The first-order chi connectivity index (χ1) is 19.7. The molecule has 0 saturated carbocycles. The van der Waals surface area contributed by atoms with Gasteiger partial charge in [0.15, 0.2) is 17.7 Å². The molecule has 0 aromatic carbocycles. The van der Waals surface area contributed by atoms with E-state index in [4.69, 9.17) is 19.4 Å². The fraction of sp³-hybridized carbons (Fsp3) is 0.519. The van der Waals surface area contributed by atoms with Gasteiger partial charge in [0, 0.05) is 76.9 Å². The minimum atomic E-state index is -0.776. The largest absolute Gasteiger partial charge is 0.453 e. The summed E-state index contributed by atoms with van der Waals surface area (Å²) in [7, 11) is 0. The van der Waals surface area contributed by atoms with Crippen molar-refractivity contribution in [2.75, 3.05) is 62.7 Å². The van der Waals surface area contributed by atoms with E-state index >= 15 is 0 Å². The molecule has 3 aromatic rings. The molecular formula is C27H34N8O5S. The number of aryl methyl sites for hydroxylation is 1. The van der Waals surface area contributed by atoms with Crippen molar-refractivity contribution in [3.63, 3.8) is 0 Å². The molecule has 2 aliphatic heterocycles. The van der Waals surface area contributed by atoms with E-state index in [-0.39, 0.29) is 17.8 Å². The molecule has 1 N–H and O–H groups in total. The van der Waals surface area contributed by atoms with Crippen molar-refractivity contribution in [2.24, 2.45) is 0 Å². The molecule has 2 saturated heterocycles. The summed E-state index contributed by atoms with van der Waals surface area (Å²) in [5.74, 6) is 0.763. The Hall–Kier alpha value is -3.75. The Morgan fingerprint density at radius 3 is 2.37 bits per heavy atom. The summed E-state index contributed by atoms with van der Waals surface area (Å²) in [5, 5.41) is 2.58. The Morgan fingerprint density at radius 1 is 1.05 bits per heavy atom. The molecule has 2 amide bonds. The predicted octanol–water partition coefficient (Wildman–Crippen LogP) is 1.85. The monoisotopic (exact) mass is 582 g/mol. The van der Waals surface area contributed by atoms with Crippen LogP contribution in [-0.2, 0) is 30.4 Å². The van der Waals surface area contributed by atoms with Gasteiger partial charge in [-0.3, -0.25) is 24.6 Å². The van der Waals surface area contributed by atoms with E-state index in [1.54, 1.807) is 35.6 Å². The number of hydrogen-bond acceptors (Lipinski definition) is 12. The Labute approximate surface area is 241 Å². The van der Waals surface area contributed by atoms with E-state index in [0.29, 0.717) is 37.7 Å². The van der Waals surface area contributed by atoms with Crippen molar-refractivity contribution in [1.29, 1.82) is 0 Å². The van der Waals surface area contributed by atoms with Crippen molar-refractivity contribution in [3.05, 3.63) is 22.8 Å². The first-order valence-electron chi connectivity index (χ1n) is 13.6. The summed E-state index contributed by atoms with van der Waals surface area (Å²) in [6, 6.07) is 0. The highest BCUT2D eigenvalue weighted by Crippen LogP contribution is 2.38. The van der Waals surface area contributed by atoms with E-state index in [1.807, 2.05) is 0 Å². The van der Waals surface area contributed by atoms with Crippen molar-refractivity contribution in [3.8, 4) is 11.4 Å². The number of fused-ring (bicyclic) bond motifs is 1. The Bertz CT molecular complexity index is 1430. The molecule has 13 nitrogen and oxygen atoms in total. The standard InChI is InChI=1S/C27H34N8O5S/c1-16-21(15-33-5-7-35(8-6-33)26(38)17(2)40-19(4)37)41-23-22(16)31-24(32-25(23)34-9-11-39-12-10-34)20-13-28-27(29-14-20)30-18(3)36/h13-14,17H,5-12,15H2,1-4H3,(H,28,29,30,36). The fourth-order valence-electron chi connectivity index (χ4n) is 4.94. The number of ether oxygens (including phenoxy) is 2. The number of carbonyl (C=O) groups excluding carboxylic acids is 3.